The zero-order valence-electron chi connectivity index (χ0n) is 15.5. The van der Waals surface area contributed by atoms with Crippen molar-refractivity contribution in [3.63, 3.8) is 0 Å². The van der Waals surface area contributed by atoms with Gasteiger partial charge in [0, 0.05) is 19.6 Å². The van der Waals surface area contributed by atoms with Gasteiger partial charge < -0.3 is 14.4 Å². The number of fused-ring (bicyclic) bond motifs is 1. The van der Waals surface area contributed by atoms with E-state index < -0.39 is 0 Å². The van der Waals surface area contributed by atoms with Gasteiger partial charge in [-0.15, -0.1) is 0 Å². The van der Waals surface area contributed by atoms with Crippen molar-refractivity contribution in [1.29, 1.82) is 0 Å². The highest BCUT2D eigenvalue weighted by Gasteiger charge is 2.21. The third kappa shape index (κ3) is 4.76. The minimum absolute atomic E-state index is 0.173. The summed E-state index contributed by atoms with van der Waals surface area (Å²) in [6, 6.07) is 15.9. The lowest BCUT2D eigenvalue weighted by Gasteiger charge is -2.30. The summed E-state index contributed by atoms with van der Waals surface area (Å²) in [5, 5.41) is 0. The highest BCUT2D eigenvalue weighted by atomic mass is 16.5. The quantitative estimate of drug-likeness (QED) is 0.766. The average molecular weight is 354 g/mol. The SMILES string of the molecule is COc1ccc(OCCN(C)CC(=O)N2CCc3ccccc3C2)cc1. The smallest absolute Gasteiger partial charge is 0.237 e. The minimum Gasteiger partial charge on any atom is -0.497 e. The molecule has 5 heteroatoms. The van der Waals surface area contributed by atoms with Crippen LogP contribution in [0.15, 0.2) is 48.5 Å². The third-order valence-corrected chi connectivity index (χ3v) is 4.69. The zero-order valence-corrected chi connectivity index (χ0v) is 15.5. The van der Waals surface area contributed by atoms with Gasteiger partial charge in [-0.3, -0.25) is 9.69 Å². The van der Waals surface area contributed by atoms with Crippen LogP contribution in [0, 0.1) is 0 Å². The van der Waals surface area contributed by atoms with Crippen molar-refractivity contribution in [2.75, 3.05) is 40.4 Å². The molecule has 138 valence electrons. The molecular weight excluding hydrogens is 328 g/mol. The van der Waals surface area contributed by atoms with Crippen molar-refractivity contribution in [2.45, 2.75) is 13.0 Å². The van der Waals surface area contributed by atoms with E-state index in [2.05, 4.69) is 18.2 Å². The number of nitrogens with zero attached hydrogens (tertiary/aromatic N) is 2. The van der Waals surface area contributed by atoms with Crippen molar-refractivity contribution < 1.29 is 14.3 Å². The molecule has 0 saturated carbocycles. The molecule has 1 aliphatic heterocycles. The number of methoxy groups -OCH3 is 1. The summed E-state index contributed by atoms with van der Waals surface area (Å²) in [7, 11) is 3.59. The molecule has 1 amide bonds. The van der Waals surface area contributed by atoms with Gasteiger partial charge in [0.1, 0.15) is 18.1 Å². The van der Waals surface area contributed by atoms with E-state index in [4.69, 9.17) is 9.47 Å². The lowest BCUT2D eigenvalue weighted by atomic mass is 10.00. The van der Waals surface area contributed by atoms with E-state index in [0.29, 0.717) is 26.2 Å². The second-order valence-electron chi connectivity index (χ2n) is 6.60. The van der Waals surface area contributed by atoms with Gasteiger partial charge >= 0.3 is 0 Å². The lowest BCUT2D eigenvalue weighted by molar-refractivity contribution is -0.133. The molecule has 0 saturated heterocycles. The first-order valence-electron chi connectivity index (χ1n) is 8.95. The summed E-state index contributed by atoms with van der Waals surface area (Å²) in [5.74, 6) is 1.78. The average Bonchev–Trinajstić information content (AvgIpc) is 2.68. The van der Waals surface area contributed by atoms with Gasteiger partial charge in [-0.1, -0.05) is 24.3 Å². The number of ether oxygens (including phenoxy) is 2. The Morgan fingerprint density at radius 2 is 1.77 bits per heavy atom. The Hall–Kier alpha value is -2.53. The van der Waals surface area contributed by atoms with E-state index in [1.165, 1.54) is 11.1 Å². The van der Waals surface area contributed by atoms with Crippen molar-refractivity contribution >= 4 is 5.91 Å². The van der Waals surface area contributed by atoms with E-state index in [-0.39, 0.29) is 5.91 Å². The fraction of sp³-hybridized carbons (Fsp3) is 0.381. The number of carbonyl (C=O) groups excluding carboxylic acids is 1. The summed E-state index contributed by atoms with van der Waals surface area (Å²) in [6.07, 6.45) is 0.937. The number of benzene rings is 2. The van der Waals surface area contributed by atoms with Crippen LogP contribution in [0.3, 0.4) is 0 Å². The van der Waals surface area contributed by atoms with Gasteiger partial charge in [-0.2, -0.15) is 0 Å². The van der Waals surface area contributed by atoms with Crippen LogP contribution >= 0.6 is 0 Å². The molecule has 0 bridgehead atoms. The molecule has 0 aliphatic carbocycles. The van der Waals surface area contributed by atoms with Crippen LogP contribution in [0.4, 0.5) is 0 Å². The van der Waals surface area contributed by atoms with Crippen molar-refractivity contribution in [1.82, 2.24) is 9.80 Å². The maximum absolute atomic E-state index is 12.6. The molecule has 0 atom stereocenters. The predicted molar refractivity (Wildman–Crippen MR) is 102 cm³/mol. The van der Waals surface area contributed by atoms with E-state index in [0.717, 1.165) is 24.5 Å². The molecule has 2 aromatic carbocycles. The van der Waals surface area contributed by atoms with Gasteiger partial charge in [0.25, 0.3) is 0 Å². The Balaban J connectivity index is 1.41. The van der Waals surface area contributed by atoms with Gasteiger partial charge in [0.15, 0.2) is 0 Å². The molecule has 0 unspecified atom stereocenters. The summed E-state index contributed by atoms with van der Waals surface area (Å²) in [4.78, 5) is 16.5. The van der Waals surface area contributed by atoms with Gasteiger partial charge in [-0.05, 0) is 48.9 Å². The zero-order chi connectivity index (χ0) is 18.4. The number of rotatable bonds is 7. The number of carbonyl (C=O) groups is 1. The van der Waals surface area contributed by atoms with E-state index >= 15 is 0 Å². The maximum Gasteiger partial charge on any atom is 0.237 e. The molecule has 26 heavy (non-hydrogen) atoms. The standard InChI is InChI=1S/C21H26N2O3/c1-22(13-14-26-20-9-7-19(25-2)8-10-20)16-21(24)23-12-11-17-5-3-4-6-18(17)15-23/h3-10H,11-16H2,1-2H3. The van der Waals surface area contributed by atoms with E-state index in [9.17, 15) is 4.79 Å². The maximum atomic E-state index is 12.6. The molecule has 2 aromatic rings. The summed E-state index contributed by atoms with van der Waals surface area (Å²) >= 11 is 0. The van der Waals surface area contributed by atoms with Crippen LogP contribution in [-0.2, 0) is 17.8 Å². The molecule has 0 aromatic heterocycles. The highest BCUT2D eigenvalue weighted by molar-refractivity contribution is 5.78. The summed E-state index contributed by atoms with van der Waals surface area (Å²) in [6.45, 7) is 3.16. The molecule has 1 heterocycles. The first kappa shape index (κ1) is 18.3. The Morgan fingerprint density at radius 1 is 1.08 bits per heavy atom. The van der Waals surface area contributed by atoms with Crippen LogP contribution < -0.4 is 9.47 Å². The fourth-order valence-electron chi connectivity index (χ4n) is 3.11. The van der Waals surface area contributed by atoms with Crippen LogP contribution in [0.25, 0.3) is 0 Å². The number of hydrogen-bond donors (Lipinski definition) is 0. The van der Waals surface area contributed by atoms with Crippen molar-refractivity contribution in [3.8, 4) is 11.5 Å². The first-order chi connectivity index (χ1) is 12.7. The van der Waals surface area contributed by atoms with E-state index in [1.54, 1.807) is 7.11 Å². The molecule has 1 aliphatic rings. The Kier molecular flexibility index (Phi) is 6.12. The topological polar surface area (TPSA) is 42.0 Å². The second kappa shape index (κ2) is 8.72. The number of amides is 1. The molecule has 0 spiro atoms. The van der Waals surface area contributed by atoms with E-state index in [1.807, 2.05) is 47.2 Å². The van der Waals surface area contributed by atoms with Crippen LogP contribution in [0.2, 0.25) is 0 Å². The first-order valence-corrected chi connectivity index (χ1v) is 8.95. The van der Waals surface area contributed by atoms with Gasteiger partial charge in [0.2, 0.25) is 5.91 Å². The number of likely N-dealkylation sites (N-methyl/N-ethyl adjacent to an activating group) is 1. The van der Waals surface area contributed by atoms with Gasteiger partial charge in [0.05, 0.1) is 13.7 Å². The largest absolute Gasteiger partial charge is 0.497 e. The Labute approximate surface area is 155 Å². The third-order valence-electron chi connectivity index (χ3n) is 4.69. The predicted octanol–water partition coefficient (Wildman–Crippen LogP) is 2.59. The summed E-state index contributed by atoms with van der Waals surface area (Å²) < 4.78 is 10.9. The van der Waals surface area contributed by atoms with Crippen molar-refractivity contribution in [3.05, 3.63) is 59.7 Å². The van der Waals surface area contributed by atoms with Crippen molar-refractivity contribution in [2.24, 2.45) is 0 Å². The monoisotopic (exact) mass is 354 g/mol. The molecule has 0 fully saturated rings. The van der Waals surface area contributed by atoms with Crippen LogP contribution in [0.1, 0.15) is 11.1 Å². The lowest BCUT2D eigenvalue weighted by Crippen LogP contribution is -2.42. The Morgan fingerprint density at radius 3 is 2.50 bits per heavy atom. The molecule has 3 rings (SSSR count). The normalized spacial score (nSPS) is 13.4. The molecule has 0 radical (unpaired) electrons. The van der Waals surface area contributed by atoms with Crippen LogP contribution in [0.5, 0.6) is 11.5 Å². The molecule has 5 nitrogen and oxygen atoms in total. The second-order valence-corrected chi connectivity index (χ2v) is 6.60. The fourth-order valence-corrected chi connectivity index (χ4v) is 3.11. The molecule has 0 N–H and O–H groups in total. The number of hydrogen-bond acceptors (Lipinski definition) is 4. The van der Waals surface area contributed by atoms with Gasteiger partial charge in [-0.25, -0.2) is 0 Å². The van der Waals surface area contributed by atoms with Crippen LogP contribution in [-0.4, -0.2) is 56.1 Å². The minimum atomic E-state index is 0.173. The Bertz CT molecular complexity index is 730. The highest BCUT2D eigenvalue weighted by Crippen LogP contribution is 2.19. The molecular formula is C21H26N2O3. The summed E-state index contributed by atoms with van der Waals surface area (Å²) in [5.41, 5.74) is 2.62.